The van der Waals surface area contributed by atoms with Crippen LogP contribution in [0, 0.1) is 11.8 Å². The van der Waals surface area contributed by atoms with Gasteiger partial charge in [0.2, 0.25) is 0 Å². The Kier molecular flexibility index (Phi) is 8.67. The second-order valence-electron chi connectivity index (χ2n) is 9.82. The van der Waals surface area contributed by atoms with Gasteiger partial charge in [-0.1, -0.05) is 38.3 Å². The quantitative estimate of drug-likeness (QED) is 0.420. The van der Waals surface area contributed by atoms with Crippen molar-refractivity contribution >= 4 is 5.91 Å². The Morgan fingerprint density at radius 3 is 2.64 bits per heavy atom. The topological polar surface area (TPSA) is 78.8 Å². The lowest BCUT2D eigenvalue weighted by Gasteiger charge is -2.28. The lowest BCUT2D eigenvalue weighted by Crippen LogP contribution is -2.36. The highest BCUT2D eigenvalue weighted by Gasteiger charge is 2.46. The van der Waals surface area contributed by atoms with Gasteiger partial charge in [0.1, 0.15) is 12.3 Å². The lowest BCUT2D eigenvalue weighted by molar-refractivity contribution is -0.139. The largest absolute Gasteiger partial charge is 0.483 e. The summed E-state index contributed by atoms with van der Waals surface area (Å²) in [6.45, 7) is 0.282. The van der Waals surface area contributed by atoms with Crippen LogP contribution < -0.4 is 10.1 Å². The number of carbonyl (C=O) groups is 1. The second-order valence-corrected chi connectivity index (χ2v) is 9.82. The number of aliphatic hydroxyl groups excluding tert-OH is 1. The minimum absolute atomic E-state index is 0.281. The first-order chi connectivity index (χ1) is 15.6. The molecule has 0 spiro atoms. The standard InChI is InChI=1S/C25H36F3NO4/c1-2-3-4-7-20(30)9-10-24(32)13-18-11-17-6-5-8-22(21(17)12-19(18)14-24)33-15-23(31)29-16-25(26,27)28/h5-6,8,18-20,30,32H,2-4,7,9-16H2,1H3,(H,29,31)/t18-,19+,20-,24+/m1/s1. The van der Waals surface area contributed by atoms with Crippen molar-refractivity contribution in [1.82, 2.24) is 5.32 Å². The van der Waals surface area contributed by atoms with Crippen LogP contribution in [0.4, 0.5) is 13.2 Å². The summed E-state index contributed by atoms with van der Waals surface area (Å²) in [7, 11) is 0. The number of unbranched alkanes of at least 4 members (excludes halogenated alkanes) is 2. The predicted molar refractivity (Wildman–Crippen MR) is 119 cm³/mol. The molecule has 8 heteroatoms. The maximum absolute atomic E-state index is 12.3. The Morgan fingerprint density at radius 2 is 1.94 bits per heavy atom. The first-order valence-electron chi connectivity index (χ1n) is 12.1. The molecule has 0 unspecified atom stereocenters. The summed E-state index contributed by atoms with van der Waals surface area (Å²) >= 11 is 0. The van der Waals surface area contributed by atoms with Gasteiger partial charge in [-0.15, -0.1) is 0 Å². The Balaban J connectivity index is 1.54. The zero-order valence-corrected chi connectivity index (χ0v) is 19.3. The van der Waals surface area contributed by atoms with Gasteiger partial charge in [0.25, 0.3) is 5.91 Å². The maximum Gasteiger partial charge on any atom is 0.405 e. The number of alkyl halides is 3. The Hall–Kier alpha value is -1.80. The highest BCUT2D eigenvalue weighted by molar-refractivity contribution is 5.77. The van der Waals surface area contributed by atoms with E-state index in [-0.39, 0.29) is 12.0 Å². The van der Waals surface area contributed by atoms with Crippen molar-refractivity contribution in [2.24, 2.45) is 11.8 Å². The molecule has 3 rings (SSSR count). The van der Waals surface area contributed by atoms with Crippen LogP contribution in [0.15, 0.2) is 18.2 Å². The molecule has 1 saturated carbocycles. The van der Waals surface area contributed by atoms with Crippen molar-refractivity contribution in [1.29, 1.82) is 0 Å². The molecule has 186 valence electrons. The van der Waals surface area contributed by atoms with E-state index >= 15 is 0 Å². The molecule has 0 aromatic heterocycles. The molecule has 2 aliphatic rings. The molecule has 0 aliphatic heterocycles. The van der Waals surface area contributed by atoms with Crippen molar-refractivity contribution in [3.05, 3.63) is 29.3 Å². The van der Waals surface area contributed by atoms with Crippen LogP contribution in [0.25, 0.3) is 0 Å². The van der Waals surface area contributed by atoms with Gasteiger partial charge in [0, 0.05) is 0 Å². The van der Waals surface area contributed by atoms with Gasteiger partial charge in [-0.25, -0.2) is 0 Å². The van der Waals surface area contributed by atoms with E-state index in [4.69, 9.17) is 4.74 Å². The average molecular weight is 472 g/mol. The van der Waals surface area contributed by atoms with Crippen LogP contribution in [-0.2, 0) is 17.6 Å². The minimum Gasteiger partial charge on any atom is -0.483 e. The SMILES string of the molecule is CCCCC[C@@H](O)CC[C@]1(O)C[C@H]2Cc3cccc(OCC(=O)NCC(F)(F)F)c3C[C@H]2C1. The molecular weight excluding hydrogens is 435 g/mol. The van der Waals surface area contributed by atoms with E-state index in [2.05, 4.69) is 6.92 Å². The van der Waals surface area contributed by atoms with E-state index in [0.29, 0.717) is 43.8 Å². The number of benzene rings is 1. The molecule has 0 bridgehead atoms. The summed E-state index contributed by atoms with van der Waals surface area (Å²) in [6, 6.07) is 5.58. The van der Waals surface area contributed by atoms with Crippen LogP contribution in [0.1, 0.15) is 69.4 Å². The number of carbonyl (C=O) groups excluding carboxylic acids is 1. The number of aliphatic hydroxyl groups is 2. The minimum atomic E-state index is -4.46. The van der Waals surface area contributed by atoms with Gasteiger partial charge in [-0.3, -0.25) is 4.79 Å². The molecule has 3 N–H and O–H groups in total. The molecular formula is C25H36F3NO4. The fourth-order valence-electron chi connectivity index (χ4n) is 5.39. The summed E-state index contributed by atoms with van der Waals surface area (Å²) in [5.74, 6) is 0.342. The van der Waals surface area contributed by atoms with Crippen LogP contribution in [-0.4, -0.2) is 47.2 Å². The lowest BCUT2D eigenvalue weighted by atomic mass is 9.77. The van der Waals surface area contributed by atoms with E-state index < -0.39 is 30.8 Å². The molecule has 1 fully saturated rings. The van der Waals surface area contributed by atoms with Crippen LogP contribution in [0.3, 0.4) is 0 Å². The van der Waals surface area contributed by atoms with Gasteiger partial charge < -0.3 is 20.3 Å². The Labute approximate surface area is 193 Å². The molecule has 0 heterocycles. The van der Waals surface area contributed by atoms with Gasteiger partial charge >= 0.3 is 6.18 Å². The predicted octanol–water partition coefficient (Wildman–Crippen LogP) is 4.32. The van der Waals surface area contributed by atoms with Gasteiger partial charge in [0.15, 0.2) is 6.61 Å². The fraction of sp³-hybridized carbons (Fsp3) is 0.720. The molecule has 1 aromatic rings. The summed E-state index contributed by atoms with van der Waals surface area (Å²) < 4.78 is 42.4. The Bertz CT molecular complexity index is 800. The van der Waals surface area contributed by atoms with E-state index in [1.54, 1.807) is 6.07 Å². The van der Waals surface area contributed by atoms with Crippen LogP contribution >= 0.6 is 0 Å². The highest BCUT2D eigenvalue weighted by atomic mass is 19.4. The number of halogens is 3. The summed E-state index contributed by atoms with van der Waals surface area (Å²) in [4.78, 5) is 11.7. The number of fused-ring (bicyclic) bond motifs is 2. The van der Waals surface area contributed by atoms with Crippen LogP contribution in [0.2, 0.25) is 0 Å². The molecule has 0 saturated heterocycles. The van der Waals surface area contributed by atoms with Crippen molar-refractivity contribution in [3.63, 3.8) is 0 Å². The summed E-state index contributed by atoms with van der Waals surface area (Å²) in [6.07, 6.45) is 3.27. The van der Waals surface area contributed by atoms with Gasteiger partial charge in [-0.2, -0.15) is 13.2 Å². The zero-order chi connectivity index (χ0) is 24.1. The smallest absolute Gasteiger partial charge is 0.405 e. The molecule has 1 aromatic carbocycles. The van der Waals surface area contributed by atoms with Gasteiger partial charge in [-0.05, 0) is 74.0 Å². The van der Waals surface area contributed by atoms with Crippen LogP contribution in [0.5, 0.6) is 5.75 Å². The fourth-order valence-corrected chi connectivity index (χ4v) is 5.39. The zero-order valence-electron chi connectivity index (χ0n) is 19.3. The Morgan fingerprint density at radius 1 is 1.21 bits per heavy atom. The van der Waals surface area contributed by atoms with E-state index in [0.717, 1.165) is 43.2 Å². The van der Waals surface area contributed by atoms with Crippen molar-refractivity contribution in [2.45, 2.75) is 89.0 Å². The molecule has 33 heavy (non-hydrogen) atoms. The highest BCUT2D eigenvalue weighted by Crippen LogP contribution is 2.49. The summed E-state index contributed by atoms with van der Waals surface area (Å²) in [5, 5.41) is 23.3. The third-order valence-electron chi connectivity index (χ3n) is 7.06. The number of amides is 1. The van der Waals surface area contributed by atoms with E-state index in [1.807, 2.05) is 17.4 Å². The molecule has 2 aliphatic carbocycles. The number of ether oxygens (including phenoxy) is 1. The monoisotopic (exact) mass is 471 g/mol. The normalized spacial score (nSPS) is 25.3. The number of nitrogens with one attached hydrogen (secondary N) is 1. The molecule has 1 amide bonds. The number of hydrogen-bond acceptors (Lipinski definition) is 4. The first kappa shape index (κ1) is 25.8. The summed E-state index contributed by atoms with van der Waals surface area (Å²) in [5.41, 5.74) is 1.31. The number of hydrogen-bond donors (Lipinski definition) is 3. The first-order valence-corrected chi connectivity index (χ1v) is 12.1. The van der Waals surface area contributed by atoms with Crippen molar-refractivity contribution < 1.29 is 32.9 Å². The molecule has 0 radical (unpaired) electrons. The molecule has 5 nitrogen and oxygen atoms in total. The third-order valence-corrected chi connectivity index (χ3v) is 7.06. The third kappa shape index (κ3) is 7.60. The number of rotatable bonds is 11. The van der Waals surface area contributed by atoms with Crippen molar-refractivity contribution in [3.8, 4) is 5.75 Å². The second kappa shape index (κ2) is 11.1. The molecule has 4 atom stereocenters. The maximum atomic E-state index is 12.3. The van der Waals surface area contributed by atoms with E-state index in [1.165, 1.54) is 0 Å². The van der Waals surface area contributed by atoms with Gasteiger partial charge in [0.05, 0.1) is 11.7 Å². The average Bonchev–Trinajstić information content (AvgIpc) is 3.08. The van der Waals surface area contributed by atoms with E-state index in [9.17, 15) is 28.2 Å². The van der Waals surface area contributed by atoms with Crippen molar-refractivity contribution in [2.75, 3.05) is 13.2 Å².